The highest BCUT2D eigenvalue weighted by atomic mass is 16.5. The average Bonchev–Trinajstić information content (AvgIpc) is 2.61. The number of rotatable bonds is 4. The second-order valence-corrected chi connectivity index (χ2v) is 5.29. The molecule has 0 N–H and O–H groups in total. The van der Waals surface area contributed by atoms with E-state index in [2.05, 4.69) is 11.8 Å². The van der Waals surface area contributed by atoms with Gasteiger partial charge in [0.1, 0.15) is 17.9 Å². The molecule has 2 aromatic carbocycles. The van der Waals surface area contributed by atoms with Crippen molar-refractivity contribution < 1.29 is 9.15 Å². The van der Waals surface area contributed by atoms with Crippen LogP contribution in [0.4, 0.5) is 5.69 Å². The molecule has 0 saturated carbocycles. The summed E-state index contributed by atoms with van der Waals surface area (Å²) in [7, 11) is 1.97. The van der Waals surface area contributed by atoms with E-state index in [4.69, 9.17) is 9.15 Å². The molecule has 4 heteroatoms. The predicted molar refractivity (Wildman–Crippen MR) is 95.5 cm³/mol. The number of ether oxygens (including phenoxy) is 1. The lowest BCUT2D eigenvalue weighted by atomic mass is 10.2. The highest BCUT2D eigenvalue weighted by molar-refractivity contribution is 5.80. The molecule has 0 unspecified atom stereocenters. The summed E-state index contributed by atoms with van der Waals surface area (Å²) in [6.45, 7) is 0.946. The van der Waals surface area contributed by atoms with Gasteiger partial charge in [-0.2, -0.15) is 0 Å². The number of para-hydroxylation sites is 1. The van der Waals surface area contributed by atoms with Crippen molar-refractivity contribution in [2.45, 2.75) is 0 Å². The van der Waals surface area contributed by atoms with Gasteiger partial charge < -0.3 is 14.1 Å². The van der Waals surface area contributed by atoms with E-state index in [1.807, 2.05) is 54.4 Å². The van der Waals surface area contributed by atoms with Gasteiger partial charge in [-0.1, -0.05) is 30.0 Å². The maximum Gasteiger partial charge on any atom is 0.336 e. The van der Waals surface area contributed by atoms with Gasteiger partial charge in [0.05, 0.1) is 6.54 Å². The maximum absolute atomic E-state index is 11.2. The summed E-state index contributed by atoms with van der Waals surface area (Å²) in [5.74, 6) is 6.91. The molecular weight excluding hydrogens is 302 g/mol. The zero-order valence-electron chi connectivity index (χ0n) is 13.4. The minimum Gasteiger partial charge on any atom is -0.481 e. The molecule has 4 nitrogen and oxygen atoms in total. The zero-order chi connectivity index (χ0) is 16.8. The molecule has 0 saturated heterocycles. The number of hydrogen-bond acceptors (Lipinski definition) is 4. The van der Waals surface area contributed by atoms with Crippen molar-refractivity contribution in [3.63, 3.8) is 0 Å². The Kier molecular flexibility index (Phi) is 4.83. The van der Waals surface area contributed by atoms with Crippen LogP contribution in [0.3, 0.4) is 0 Å². The van der Waals surface area contributed by atoms with Crippen LogP contribution in [0.15, 0.2) is 69.9 Å². The van der Waals surface area contributed by atoms with Crippen LogP contribution >= 0.6 is 0 Å². The van der Waals surface area contributed by atoms with Gasteiger partial charge in [0.25, 0.3) is 0 Å². The minimum atomic E-state index is -0.340. The SMILES string of the molecule is CN(CC#CCOc1ccccc1)c1ccc2oc(=O)ccc2c1. The maximum atomic E-state index is 11.2. The van der Waals surface area contributed by atoms with Crippen LogP contribution in [0.2, 0.25) is 0 Å². The average molecular weight is 319 g/mol. The van der Waals surface area contributed by atoms with Gasteiger partial charge in [-0.15, -0.1) is 0 Å². The van der Waals surface area contributed by atoms with E-state index in [1.165, 1.54) is 6.07 Å². The number of benzene rings is 2. The first-order valence-corrected chi connectivity index (χ1v) is 7.61. The van der Waals surface area contributed by atoms with E-state index in [1.54, 1.807) is 12.1 Å². The standard InChI is InChI=1S/C20H17NO3/c1-21(13-5-6-14-23-18-7-3-2-4-8-18)17-10-11-19-16(15-17)9-12-20(22)24-19/h2-4,7-12,15H,13-14H2,1H3. The van der Waals surface area contributed by atoms with Gasteiger partial charge in [0, 0.05) is 24.2 Å². The van der Waals surface area contributed by atoms with Crippen molar-refractivity contribution >= 4 is 16.7 Å². The molecule has 120 valence electrons. The zero-order valence-corrected chi connectivity index (χ0v) is 13.4. The Morgan fingerprint density at radius 3 is 2.71 bits per heavy atom. The fourth-order valence-electron chi connectivity index (χ4n) is 2.25. The van der Waals surface area contributed by atoms with E-state index in [0.717, 1.165) is 16.8 Å². The number of anilines is 1. The predicted octanol–water partition coefficient (Wildman–Crippen LogP) is 3.31. The highest BCUT2D eigenvalue weighted by Crippen LogP contribution is 2.19. The fraction of sp³-hybridized carbons (Fsp3) is 0.150. The highest BCUT2D eigenvalue weighted by Gasteiger charge is 2.02. The Morgan fingerprint density at radius 1 is 1.04 bits per heavy atom. The van der Waals surface area contributed by atoms with Crippen LogP contribution in [0.25, 0.3) is 11.0 Å². The summed E-state index contributed by atoms with van der Waals surface area (Å²) < 4.78 is 10.7. The van der Waals surface area contributed by atoms with Gasteiger partial charge in [-0.3, -0.25) is 0 Å². The van der Waals surface area contributed by atoms with E-state index in [0.29, 0.717) is 18.7 Å². The molecule has 3 rings (SSSR count). The summed E-state index contributed by atoms with van der Waals surface area (Å²) >= 11 is 0. The van der Waals surface area contributed by atoms with Crippen molar-refractivity contribution in [2.24, 2.45) is 0 Å². The van der Waals surface area contributed by atoms with E-state index in [-0.39, 0.29) is 5.63 Å². The van der Waals surface area contributed by atoms with Gasteiger partial charge in [0.2, 0.25) is 0 Å². The second kappa shape index (κ2) is 7.38. The second-order valence-electron chi connectivity index (χ2n) is 5.29. The lowest BCUT2D eigenvalue weighted by Gasteiger charge is -2.16. The molecule has 0 aliphatic carbocycles. The normalized spacial score (nSPS) is 10.0. The van der Waals surface area contributed by atoms with E-state index >= 15 is 0 Å². The van der Waals surface area contributed by atoms with Crippen LogP contribution in [0, 0.1) is 11.8 Å². The lowest BCUT2D eigenvalue weighted by molar-refractivity contribution is 0.370. The Balaban J connectivity index is 1.59. The molecule has 0 atom stereocenters. The topological polar surface area (TPSA) is 42.7 Å². The third kappa shape index (κ3) is 3.96. The van der Waals surface area contributed by atoms with Crippen LogP contribution in [0.5, 0.6) is 5.75 Å². The van der Waals surface area contributed by atoms with Crippen LogP contribution in [0.1, 0.15) is 0 Å². The van der Waals surface area contributed by atoms with E-state index in [9.17, 15) is 4.79 Å². The van der Waals surface area contributed by atoms with Crippen molar-refractivity contribution in [1.82, 2.24) is 0 Å². The summed E-state index contributed by atoms with van der Waals surface area (Å²) in [4.78, 5) is 13.2. The molecule has 0 radical (unpaired) electrons. The monoisotopic (exact) mass is 319 g/mol. The number of hydrogen-bond donors (Lipinski definition) is 0. The molecule has 1 aromatic heterocycles. The first kappa shape index (κ1) is 15.7. The van der Waals surface area contributed by atoms with Crippen molar-refractivity contribution in [1.29, 1.82) is 0 Å². The molecule has 0 spiro atoms. The molecule has 3 aromatic rings. The van der Waals surface area contributed by atoms with Gasteiger partial charge in [-0.05, 0) is 36.4 Å². The van der Waals surface area contributed by atoms with E-state index < -0.39 is 0 Å². The van der Waals surface area contributed by atoms with Crippen LogP contribution in [-0.4, -0.2) is 20.2 Å². The molecule has 1 heterocycles. The third-order valence-corrected chi connectivity index (χ3v) is 3.54. The Morgan fingerprint density at radius 2 is 1.88 bits per heavy atom. The third-order valence-electron chi connectivity index (χ3n) is 3.54. The summed E-state index contributed by atoms with van der Waals surface area (Å²) in [6, 6.07) is 18.5. The largest absolute Gasteiger partial charge is 0.481 e. The van der Waals surface area contributed by atoms with Crippen molar-refractivity contribution in [3.05, 3.63) is 71.1 Å². The smallest absolute Gasteiger partial charge is 0.336 e. The Labute approximate surface area is 140 Å². The summed E-state index contributed by atoms with van der Waals surface area (Å²) in [6.07, 6.45) is 0. The lowest BCUT2D eigenvalue weighted by Crippen LogP contribution is -2.17. The fourth-order valence-corrected chi connectivity index (χ4v) is 2.25. The van der Waals surface area contributed by atoms with Crippen LogP contribution in [-0.2, 0) is 0 Å². The molecule has 0 fully saturated rings. The van der Waals surface area contributed by atoms with Crippen LogP contribution < -0.4 is 15.3 Å². The first-order valence-electron chi connectivity index (χ1n) is 7.61. The molecule has 0 aliphatic rings. The summed E-state index contributed by atoms with van der Waals surface area (Å²) in [5, 5.41) is 0.888. The van der Waals surface area contributed by atoms with Gasteiger partial charge in [0.15, 0.2) is 0 Å². The molecule has 0 amide bonds. The summed E-state index contributed by atoms with van der Waals surface area (Å²) in [5.41, 5.74) is 1.25. The van der Waals surface area contributed by atoms with Gasteiger partial charge >= 0.3 is 5.63 Å². The number of fused-ring (bicyclic) bond motifs is 1. The van der Waals surface area contributed by atoms with Crippen molar-refractivity contribution in [3.8, 4) is 17.6 Å². The Bertz CT molecular complexity index is 935. The number of nitrogens with zero attached hydrogens (tertiary/aromatic N) is 1. The minimum absolute atomic E-state index is 0.340. The molecule has 0 aliphatic heterocycles. The first-order chi connectivity index (χ1) is 11.7. The Hall–Kier alpha value is -3.19. The van der Waals surface area contributed by atoms with Crippen molar-refractivity contribution in [2.75, 3.05) is 25.1 Å². The quantitative estimate of drug-likeness (QED) is 0.546. The molecule has 24 heavy (non-hydrogen) atoms. The molecule has 0 bridgehead atoms. The molecular formula is C20H17NO3. The van der Waals surface area contributed by atoms with Gasteiger partial charge in [-0.25, -0.2) is 4.79 Å².